The fraction of sp³-hybridized carbons (Fsp3) is 0. The van der Waals surface area contributed by atoms with Gasteiger partial charge in [-0.15, -0.1) is 0 Å². The number of rotatable bonds is 12. The molecule has 6 heteroatoms. The van der Waals surface area contributed by atoms with Crippen molar-refractivity contribution in [2.75, 3.05) is 0 Å². The maximum atomic E-state index is 5.22. The summed E-state index contributed by atoms with van der Waals surface area (Å²) >= 11 is 0. The van der Waals surface area contributed by atoms with Crippen LogP contribution in [0.4, 0.5) is 0 Å². The van der Waals surface area contributed by atoms with Gasteiger partial charge in [0.2, 0.25) is 0 Å². The van der Waals surface area contributed by atoms with Crippen LogP contribution in [0.1, 0.15) is 0 Å². The first kappa shape index (κ1) is 56.2. The molecule has 4 aromatic heterocycles. The van der Waals surface area contributed by atoms with Crippen LogP contribution in [0.2, 0.25) is 0 Å². The Morgan fingerprint density at radius 3 is 0.957 bits per heavy atom. The normalized spacial score (nSPS) is 11.0. The molecule has 12 aromatic carbocycles. The van der Waals surface area contributed by atoms with Crippen molar-refractivity contribution in [2.45, 2.75) is 0 Å². The molecule has 6 nitrogen and oxygen atoms in total. The van der Waals surface area contributed by atoms with E-state index in [-0.39, 0.29) is 0 Å². The standard InChI is InChI=1S/2C43H29N3/c1-2-9-30(10-3-1)36-13-6-14-37(27-36)41-29-45-43(46-42(41)34-22-18-31(19-23-34)38-15-8-26-44-28-38)35-24-20-33(21-25-35)40-17-7-12-32-11-4-5-16-39(32)40;1-2-8-30(9-3-1)31-15-19-35(20-16-31)41-29-45-43(46-42(41)36-23-17-32(18-24-36)38-12-7-27-44-28-38)37-25-21-34(22-26-37)40-14-6-11-33-10-4-5-13-39(33)40/h2*1-29H. The fourth-order valence-electron chi connectivity index (χ4n) is 12.1. The van der Waals surface area contributed by atoms with Crippen molar-refractivity contribution < 1.29 is 0 Å². The molecular formula is C86H58N6. The predicted molar refractivity (Wildman–Crippen MR) is 380 cm³/mol. The van der Waals surface area contributed by atoms with E-state index >= 15 is 0 Å². The van der Waals surface area contributed by atoms with Crippen LogP contribution in [0.3, 0.4) is 0 Å². The van der Waals surface area contributed by atoms with Crippen molar-refractivity contribution >= 4 is 21.5 Å². The molecule has 0 aliphatic rings. The van der Waals surface area contributed by atoms with Gasteiger partial charge in [0, 0.05) is 70.6 Å². The highest BCUT2D eigenvalue weighted by molar-refractivity contribution is 5.98. The van der Waals surface area contributed by atoms with Gasteiger partial charge < -0.3 is 0 Å². The van der Waals surface area contributed by atoms with Crippen LogP contribution in [0, 0.1) is 0 Å². The van der Waals surface area contributed by atoms with Crippen LogP contribution in [-0.4, -0.2) is 29.9 Å². The molecule has 0 fully saturated rings. The van der Waals surface area contributed by atoms with Crippen molar-refractivity contribution in [1.82, 2.24) is 29.9 Å². The molecule has 0 atom stereocenters. The number of aromatic nitrogens is 6. The number of pyridine rings is 2. The summed E-state index contributed by atoms with van der Waals surface area (Å²) in [4.78, 5) is 28.8. The topological polar surface area (TPSA) is 77.3 Å². The second kappa shape index (κ2) is 25.8. The highest BCUT2D eigenvalue weighted by Gasteiger charge is 2.18. The zero-order chi connectivity index (χ0) is 61.4. The van der Waals surface area contributed by atoms with Gasteiger partial charge in [-0.2, -0.15) is 0 Å². The van der Waals surface area contributed by atoms with Crippen LogP contribution in [0.15, 0.2) is 353 Å². The summed E-state index contributed by atoms with van der Waals surface area (Å²) in [5.74, 6) is 1.39. The van der Waals surface area contributed by atoms with E-state index in [9.17, 15) is 0 Å². The second-order valence-corrected chi connectivity index (χ2v) is 22.6. The summed E-state index contributed by atoms with van der Waals surface area (Å²) in [5, 5.41) is 4.96. The van der Waals surface area contributed by atoms with E-state index in [1.807, 2.05) is 49.1 Å². The summed E-state index contributed by atoms with van der Waals surface area (Å²) in [5.41, 5.74) is 23.8. The van der Waals surface area contributed by atoms with Crippen molar-refractivity contribution in [3.63, 3.8) is 0 Å². The Kier molecular flexibility index (Phi) is 15.7. The van der Waals surface area contributed by atoms with E-state index in [1.165, 1.54) is 60.5 Å². The minimum absolute atomic E-state index is 0.693. The molecule has 16 aromatic rings. The Labute approximate surface area is 535 Å². The molecule has 16 rings (SSSR count). The lowest BCUT2D eigenvalue weighted by molar-refractivity contribution is 1.18. The van der Waals surface area contributed by atoms with Crippen molar-refractivity contribution in [3.05, 3.63) is 353 Å². The van der Waals surface area contributed by atoms with Crippen LogP contribution < -0.4 is 0 Å². The maximum absolute atomic E-state index is 5.22. The van der Waals surface area contributed by atoms with E-state index in [0.29, 0.717) is 11.6 Å². The molecule has 0 N–H and O–H groups in total. The number of hydrogen-bond donors (Lipinski definition) is 0. The Morgan fingerprint density at radius 1 is 0.185 bits per heavy atom. The zero-order valence-electron chi connectivity index (χ0n) is 50.2. The van der Waals surface area contributed by atoms with Gasteiger partial charge in [-0.05, 0) is 118 Å². The van der Waals surface area contributed by atoms with Gasteiger partial charge in [-0.3, -0.25) is 9.97 Å². The van der Waals surface area contributed by atoms with E-state index in [0.717, 1.165) is 83.7 Å². The van der Waals surface area contributed by atoms with Crippen LogP contribution >= 0.6 is 0 Å². The van der Waals surface area contributed by atoms with E-state index in [1.54, 1.807) is 12.4 Å². The van der Waals surface area contributed by atoms with Crippen molar-refractivity contribution in [3.8, 4) is 134 Å². The van der Waals surface area contributed by atoms with Gasteiger partial charge in [0.1, 0.15) is 0 Å². The summed E-state index contributed by atoms with van der Waals surface area (Å²) in [6, 6.07) is 110. The van der Waals surface area contributed by atoms with Gasteiger partial charge >= 0.3 is 0 Å². The number of fused-ring (bicyclic) bond motifs is 2. The Bertz CT molecular complexity index is 5190. The minimum atomic E-state index is 0.693. The average Bonchev–Trinajstić information content (AvgIpc) is 1.02. The quantitative estimate of drug-likeness (QED) is 0.121. The molecule has 0 spiro atoms. The van der Waals surface area contributed by atoms with Gasteiger partial charge in [0.25, 0.3) is 0 Å². The Hall–Kier alpha value is -12.4. The molecule has 432 valence electrons. The van der Waals surface area contributed by atoms with Crippen molar-refractivity contribution in [1.29, 1.82) is 0 Å². The summed E-state index contributed by atoms with van der Waals surface area (Å²) < 4.78 is 0. The van der Waals surface area contributed by atoms with Crippen LogP contribution in [0.25, 0.3) is 156 Å². The molecule has 0 saturated carbocycles. The lowest BCUT2D eigenvalue weighted by Gasteiger charge is -2.13. The third-order valence-corrected chi connectivity index (χ3v) is 17.0. The molecular weight excluding hydrogens is 1120 g/mol. The first-order valence-electron chi connectivity index (χ1n) is 30.8. The first-order chi connectivity index (χ1) is 45.6. The lowest BCUT2D eigenvalue weighted by Crippen LogP contribution is -1.96. The molecule has 0 radical (unpaired) electrons. The third-order valence-electron chi connectivity index (χ3n) is 17.0. The lowest BCUT2D eigenvalue weighted by atomic mass is 9.95. The molecule has 0 bridgehead atoms. The molecule has 0 aliphatic carbocycles. The Morgan fingerprint density at radius 2 is 0.500 bits per heavy atom. The first-order valence-corrected chi connectivity index (χ1v) is 30.8. The molecule has 0 amide bonds. The monoisotopic (exact) mass is 1170 g/mol. The zero-order valence-corrected chi connectivity index (χ0v) is 50.2. The SMILES string of the molecule is c1ccc(-c2ccc(-c3cnc(-c4ccc(-c5cccc6ccccc56)cc4)nc3-c3ccc(-c4cccnc4)cc3)cc2)cc1.c1ccc(-c2cccc(-c3cnc(-c4ccc(-c5cccc6ccccc56)cc4)nc3-c3ccc(-c4cccnc4)cc3)c2)cc1. The molecule has 92 heavy (non-hydrogen) atoms. The summed E-state index contributed by atoms with van der Waals surface area (Å²) in [7, 11) is 0. The minimum Gasteiger partial charge on any atom is -0.264 e. The number of nitrogens with zero attached hydrogens (tertiary/aromatic N) is 6. The largest absolute Gasteiger partial charge is 0.264 e. The van der Waals surface area contributed by atoms with Gasteiger partial charge in [-0.25, -0.2) is 19.9 Å². The van der Waals surface area contributed by atoms with E-state index in [2.05, 4.69) is 301 Å². The smallest absolute Gasteiger partial charge is 0.159 e. The summed E-state index contributed by atoms with van der Waals surface area (Å²) in [6.45, 7) is 0. The average molecular weight is 1180 g/mol. The van der Waals surface area contributed by atoms with Gasteiger partial charge in [0.15, 0.2) is 11.6 Å². The number of benzene rings is 12. The second-order valence-electron chi connectivity index (χ2n) is 22.6. The molecule has 0 saturated heterocycles. The van der Waals surface area contributed by atoms with Crippen molar-refractivity contribution in [2.24, 2.45) is 0 Å². The highest BCUT2D eigenvalue weighted by atomic mass is 14.9. The van der Waals surface area contributed by atoms with E-state index < -0.39 is 0 Å². The molecule has 4 heterocycles. The fourth-order valence-corrected chi connectivity index (χ4v) is 12.1. The predicted octanol–water partition coefficient (Wildman–Crippen LogP) is 22.1. The summed E-state index contributed by atoms with van der Waals surface area (Å²) in [6.07, 6.45) is 11.3. The van der Waals surface area contributed by atoms with Crippen LogP contribution in [-0.2, 0) is 0 Å². The molecule has 0 unspecified atom stereocenters. The number of hydrogen-bond acceptors (Lipinski definition) is 6. The Balaban J connectivity index is 0.000000153. The van der Waals surface area contributed by atoms with E-state index in [4.69, 9.17) is 19.9 Å². The highest BCUT2D eigenvalue weighted by Crippen LogP contribution is 2.39. The van der Waals surface area contributed by atoms with Gasteiger partial charge in [0.05, 0.1) is 11.4 Å². The molecule has 0 aliphatic heterocycles. The maximum Gasteiger partial charge on any atom is 0.159 e. The third kappa shape index (κ3) is 11.9. The van der Waals surface area contributed by atoms with Gasteiger partial charge in [-0.1, -0.05) is 297 Å². The van der Waals surface area contributed by atoms with Crippen LogP contribution in [0.5, 0.6) is 0 Å².